The van der Waals surface area contributed by atoms with E-state index in [2.05, 4.69) is 32.6 Å². The Morgan fingerprint density at radius 2 is 0.927 bits per heavy atom. The maximum Gasteiger partial charge on any atom is 0.308 e. The summed E-state index contributed by atoms with van der Waals surface area (Å²) in [5.41, 5.74) is 0. The van der Waals surface area contributed by atoms with Crippen molar-refractivity contribution in [2.24, 2.45) is 11.8 Å². The third-order valence-electron chi connectivity index (χ3n) is 11.4. The van der Waals surface area contributed by atoms with Crippen LogP contribution in [0.15, 0.2) is 0 Å². The van der Waals surface area contributed by atoms with Gasteiger partial charge in [-0.05, 0) is 38.0 Å². The number of nitrogens with zero attached hydrogens (tertiary/aromatic N) is 1. The van der Waals surface area contributed by atoms with Crippen molar-refractivity contribution in [1.29, 1.82) is 0 Å². The summed E-state index contributed by atoms with van der Waals surface area (Å²) in [5, 5.41) is 9.09. The zero-order chi connectivity index (χ0) is 40.3. The van der Waals surface area contributed by atoms with Gasteiger partial charge in [-0.15, -0.1) is 0 Å². The van der Waals surface area contributed by atoms with Crippen LogP contribution in [0, 0.1) is 11.8 Å². The molecule has 0 aromatic rings. The van der Waals surface area contributed by atoms with Crippen LogP contribution in [-0.2, 0) is 23.8 Å². The molecule has 0 heterocycles. The molecule has 0 aromatic heterocycles. The molecule has 7 nitrogen and oxygen atoms in total. The second-order valence-electron chi connectivity index (χ2n) is 16.7. The second kappa shape index (κ2) is 43.9. The van der Waals surface area contributed by atoms with Crippen LogP contribution < -0.4 is 0 Å². The first-order valence-corrected chi connectivity index (χ1v) is 24.2. The highest BCUT2D eigenvalue weighted by Gasteiger charge is 2.19. The molecular formula is C48H95NO6. The smallest absolute Gasteiger partial charge is 0.308 e. The summed E-state index contributed by atoms with van der Waals surface area (Å²) in [6, 6.07) is 0. The number of hydrogen-bond donors (Lipinski definition) is 1. The van der Waals surface area contributed by atoms with Crippen molar-refractivity contribution < 1.29 is 28.9 Å². The van der Waals surface area contributed by atoms with E-state index in [9.17, 15) is 9.59 Å². The highest BCUT2D eigenvalue weighted by Crippen LogP contribution is 2.25. The quantitative estimate of drug-likeness (QED) is 0.0374. The third-order valence-corrected chi connectivity index (χ3v) is 11.4. The van der Waals surface area contributed by atoms with E-state index in [0.29, 0.717) is 32.8 Å². The number of hydrogen-bond acceptors (Lipinski definition) is 7. The second-order valence-corrected chi connectivity index (χ2v) is 16.7. The molecule has 0 amide bonds. The fourth-order valence-corrected chi connectivity index (χ4v) is 7.67. The Kier molecular flexibility index (Phi) is 43.0. The Hall–Kier alpha value is -1.18. The van der Waals surface area contributed by atoms with E-state index >= 15 is 0 Å². The Balaban J connectivity index is 4.45. The number of aliphatic hydroxyl groups is 1. The molecule has 0 saturated heterocycles. The van der Waals surface area contributed by atoms with Crippen molar-refractivity contribution in [2.75, 3.05) is 46.2 Å². The molecule has 0 saturated carbocycles. The fourth-order valence-electron chi connectivity index (χ4n) is 7.67. The van der Waals surface area contributed by atoms with Crippen LogP contribution in [0.5, 0.6) is 0 Å². The lowest BCUT2D eigenvalue weighted by atomic mass is 9.89. The van der Waals surface area contributed by atoms with Gasteiger partial charge in [-0.3, -0.25) is 14.5 Å². The van der Waals surface area contributed by atoms with Gasteiger partial charge < -0.3 is 19.3 Å². The molecule has 0 aliphatic heterocycles. The first-order valence-electron chi connectivity index (χ1n) is 24.2. The lowest BCUT2D eigenvalue weighted by Gasteiger charge is -2.22. The summed E-state index contributed by atoms with van der Waals surface area (Å²) in [6.07, 6.45) is 39.6. The molecule has 7 heteroatoms. The zero-order valence-corrected chi connectivity index (χ0v) is 37.4. The van der Waals surface area contributed by atoms with Crippen molar-refractivity contribution in [1.82, 2.24) is 4.90 Å². The minimum Gasteiger partial charge on any atom is -0.465 e. The molecular weight excluding hydrogens is 687 g/mol. The van der Waals surface area contributed by atoms with Gasteiger partial charge in [-0.2, -0.15) is 0 Å². The van der Waals surface area contributed by atoms with Crippen LogP contribution in [0.25, 0.3) is 0 Å². The summed E-state index contributed by atoms with van der Waals surface area (Å²) >= 11 is 0. The van der Waals surface area contributed by atoms with Gasteiger partial charge in [-0.1, -0.05) is 201 Å². The SMILES string of the molecule is CCCCCCCCC(CCCCCC)CCCCCC(=O)OCN(CCCCCCOC(=O)C(CCCCCC)CCCCCCCC)CCOCCO. The summed E-state index contributed by atoms with van der Waals surface area (Å²) in [7, 11) is 0. The van der Waals surface area contributed by atoms with Crippen LogP contribution in [-0.4, -0.2) is 68.2 Å². The molecule has 0 rings (SSSR count). The number of aliphatic hydroxyl groups excluding tert-OH is 1. The van der Waals surface area contributed by atoms with Gasteiger partial charge in [0.15, 0.2) is 0 Å². The van der Waals surface area contributed by atoms with Gasteiger partial charge >= 0.3 is 11.9 Å². The topological polar surface area (TPSA) is 85.3 Å². The van der Waals surface area contributed by atoms with Gasteiger partial charge in [0.05, 0.1) is 32.3 Å². The molecule has 55 heavy (non-hydrogen) atoms. The zero-order valence-electron chi connectivity index (χ0n) is 37.4. The molecule has 328 valence electrons. The maximum atomic E-state index is 13.0. The normalized spacial score (nSPS) is 12.7. The Morgan fingerprint density at radius 3 is 1.47 bits per heavy atom. The molecule has 0 aromatic carbocycles. The lowest BCUT2D eigenvalue weighted by Crippen LogP contribution is -2.32. The van der Waals surface area contributed by atoms with E-state index in [1.54, 1.807) is 0 Å². The van der Waals surface area contributed by atoms with Crippen LogP contribution >= 0.6 is 0 Å². The Morgan fingerprint density at radius 1 is 0.473 bits per heavy atom. The minimum absolute atomic E-state index is 0.0108. The fraction of sp³-hybridized carbons (Fsp3) is 0.958. The van der Waals surface area contributed by atoms with Gasteiger partial charge in [-0.25, -0.2) is 0 Å². The first kappa shape index (κ1) is 53.8. The Bertz CT molecular complexity index is 794. The highest BCUT2D eigenvalue weighted by atomic mass is 16.5. The summed E-state index contributed by atoms with van der Waals surface area (Å²) in [5.74, 6) is 0.825. The predicted octanol–water partition coefficient (Wildman–Crippen LogP) is 13.5. The Labute approximate surface area is 342 Å². The van der Waals surface area contributed by atoms with E-state index in [1.165, 1.54) is 141 Å². The standard InChI is InChI=1S/C48H95NO6/c1-5-9-13-17-19-25-33-45(32-24-15-11-7-3)34-26-23-29-37-47(51)55-44-49(39-42-53-43-40-50)38-30-21-22-31-41-54-48(52)46(35-27-16-12-8-4)36-28-20-18-14-10-6-2/h45-46,50H,5-44H2,1-4H3. The minimum atomic E-state index is -0.105. The van der Waals surface area contributed by atoms with Crippen molar-refractivity contribution in [3.8, 4) is 0 Å². The summed E-state index contributed by atoms with van der Waals surface area (Å²) in [4.78, 5) is 27.8. The number of carbonyl (C=O) groups excluding carboxylic acids is 2. The van der Waals surface area contributed by atoms with E-state index in [1.807, 2.05) is 0 Å². The molecule has 0 bridgehead atoms. The monoisotopic (exact) mass is 782 g/mol. The van der Waals surface area contributed by atoms with Crippen molar-refractivity contribution in [3.63, 3.8) is 0 Å². The predicted molar refractivity (Wildman–Crippen MR) is 233 cm³/mol. The van der Waals surface area contributed by atoms with Crippen LogP contribution in [0.1, 0.15) is 240 Å². The van der Waals surface area contributed by atoms with Gasteiger partial charge in [0.1, 0.15) is 6.73 Å². The number of ether oxygens (including phenoxy) is 3. The molecule has 0 spiro atoms. The molecule has 2 atom stereocenters. The molecule has 2 unspecified atom stereocenters. The first-order chi connectivity index (χ1) is 27.0. The number of esters is 2. The van der Waals surface area contributed by atoms with Crippen LogP contribution in [0.4, 0.5) is 0 Å². The van der Waals surface area contributed by atoms with Crippen molar-refractivity contribution >= 4 is 11.9 Å². The lowest BCUT2D eigenvalue weighted by molar-refractivity contribution is -0.150. The molecule has 0 radical (unpaired) electrons. The molecule has 0 aliphatic rings. The van der Waals surface area contributed by atoms with Gasteiger partial charge in [0, 0.05) is 19.5 Å². The average Bonchev–Trinajstić information content (AvgIpc) is 3.19. The maximum absolute atomic E-state index is 13.0. The van der Waals surface area contributed by atoms with Gasteiger partial charge in [0.25, 0.3) is 0 Å². The third kappa shape index (κ3) is 38.1. The number of unbranched alkanes of at least 4 members (excludes halogenated alkanes) is 21. The van der Waals surface area contributed by atoms with E-state index < -0.39 is 0 Å². The molecule has 0 fully saturated rings. The number of rotatable bonds is 45. The molecule has 1 N–H and O–H groups in total. The van der Waals surface area contributed by atoms with E-state index in [4.69, 9.17) is 19.3 Å². The van der Waals surface area contributed by atoms with Crippen molar-refractivity contribution in [2.45, 2.75) is 240 Å². The van der Waals surface area contributed by atoms with Crippen LogP contribution in [0.2, 0.25) is 0 Å². The molecule has 0 aliphatic carbocycles. The van der Waals surface area contributed by atoms with E-state index in [0.717, 1.165) is 76.7 Å². The van der Waals surface area contributed by atoms with Crippen LogP contribution in [0.3, 0.4) is 0 Å². The highest BCUT2D eigenvalue weighted by molar-refractivity contribution is 5.72. The average molecular weight is 782 g/mol. The largest absolute Gasteiger partial charge is 0.465 e. The van der Waals surface area contributed by atoms with Gasteiger partial charge in [0.2, 0.25) is 0 Å². The van der Waals surface area contributed by atoms with Crippen molar-refractivity contribution in [3.05, 3.63) is 0 Å². The van der Waals surface area contributed by atoms with E-state index in [-0.39, 0.29) is 31.2 Å². The number of carbonyl (C=O) groups is 2. The summed E-state index contributed by atoms with van der Waals surface area (Å²) in [6.45, 7) is 12.2. The summed E-state index contributed by atoms with van der Waals surface area (Å²) < 4.78 is 17.0.